The summed E-state index contributed by atoms with van der Waals surface area (Å²) in [4.78, 5) is 0. The number of rotatable bonds is 6. The normalized spacial score (nSPS) is 28.7. The summed E-state index contributed by atoms with van der Waals surface area (Å²) in [6.45, 7) is 1.52. The van der Waals surface area contributed by atoms with Crippen LogP contribution in [-0.4, -0.2) is 24.8 Å². The molecule has 144 valence electrons. The van der Waals surface area contributed by atoms with Crippen molar-refractivity contribution in [3.63, 3.8) is 0 Å². The molecule has 2 unspecified atom stereocenters. The van der Waals surface area contributed by atoms with Gasteiger partial charge in [-0.15, -0.1) is 0 Å². The van der Waals surface area contributed by atoms with E-state index in [0.717, 1.165) is 64.6 Å². The Morgan fingerprint density at radius 3 is 1.44 bits per heavy atom. The van der Waals surface area contributed by atoms with Crippen LogP contribution in [0.2, 0.25) is 0 Å². The molecule has 2 saturated heterocycles. The Balaban J connectivity index is 1.59. The van der Waals surface area contributed by atoms with Crippen molar-refractivity contribution < 1.29 is 14.2 Å². The molecule has 0 amide bonds. The second kappa shape index (κ2) is 8.55. The van der Waals surface area contributed by atoms with Crippen molar-refractivity contribution in [1.29, 1.82) is 0 Å². The highest BCUT2D eigenvalue weighted by molar-refractivity contribution is 5.18. The van der Waals surface area contributed by atoms with E-state index < -0.39 is 11.6 Å². The highest BCUT2D eigenvalue weighted by Crippen LogP contribution is 2.39. The first-order valence-corrected chi connectivity index (χ1v) is 10.3. The third-order valence-corrected chi connectivity index (χ3v) is 5.64. The van der Waals surface area contributed by atoms with E-state index in [-0.39, 0.29) is 0 Å². The minimum Gasteiger partial charge on any atom is -0.349 e. The van der Waals surface area contributed by atoms with Crippen molar-refractivity contribution in [3.05, 3.63) is 71.8 Å². The third kappa shape index (κ3) is 4.78. The van der Waals surface area contributed by atoms with Crippen LogP contribution in [0.1, 0.15) is 49.7 Å². The summed E-state index contributed by atoms with van der Waals surface area (Å²) in [5.74, 6) is -1.18. The minimum atomic E-state index is -0.592. The lowest BCUT2D eigenvalue weighted by atomic mass is 9.93. The van der Waals surface area contributed by atoms with E-state index in [0.29, 0.717) is 0 Å². The van der Waals surface area contributed by atoms with Gasteiger partial charge in [0.25, 0.3) is 0 Å². The van der Waals surface area contributed by atoms with E-state index in [9.17, 15) is 0 Å². The maximum atomic E-state index is 6.87. The molecule has 2 fully saturated rings. The average Bonchev–Trinajstić information content (AvgIpc) is 2.70. The Bertz CT molecular complexity index is 625. The molecule has 2 heterocycles. The minimum absolute atomic E-state index is 0.592. The molecule has 0 aromatic heterocycles. The van der Waals surface area contributed by atoms with Crippen LogP contribution < -0.4 is 0 Å². The first kappa shape index (κ1) is 18.7. The maximum Gasteiger partial charge on any atom is 0.175 e. The molecule has 2 aliphatic rings. The van der Waals surface area contributed by atoms with E-state index in [1.807, 2.05) is 0 Å². The summed E-state index contributed by atoms with van der Waals surface area (Å²) in [6, 6.07) is 21.1. The Hall–Kier alpha value is -1.68. The van der Waals surface area contributed by atoms with Gasteiger partial charge in [-0.05, 0) is 36.8 Å². The van der Waals surface area contributed by atoms with Crippen LogP contribution in [0.15, 0.2) is 60.7 Å². The Labute approximate surface area is 162 Å². The molecule has 2 atom stereocenters. The zero-order chi connectivity index (χ0) is 18.4. The summed E-state index contributed by atoms with van der Waals surface area (Å²) in [5, 5.41) is 0. The van der Waals surface area contributed by atoms with Crippen LogP contribution in [0.4, 0.5) is 0 Å². The zero-order valence-electron chi connectivity index (χ0n) is 16.1. The Morgan fingerprint density at radius 1 is 0.630 bits per heavy atom. The van der Waals surface area contributed by atoms with Gasteiger partial charge >= 0.3 is 0 Å². The summed E-state index contributed by atoms with van der Waals surface area (Å²) in [6.07, 6.45) is 7.85. The van der Waals surface area contributed by atoms with E-state index in [4.69, 9.17) is 14.2 Å². The van der Waals surface area contributed by atoms with Crippen LogP contribution in [0.5, 0.6) is 0 Å². The van der Waals surface area contributed by atoms with E-state index >= 15 is 0 Å². The molecule has 27 heavy (non-hydrogen) atoms. The predicted octanol–water partition coefficient (Wildman–Crippen LogP) is 5.28. The molecule has 4 rings (SSSR count). The van der Waals surface area contributed by atoms with Crippen molar-refractivity contribution in [2.75, 3.05) is 13.2 Å². The van der Waals surface area contributed by atoms with Crippen LogP contribution in [0.3, 0.4) is 0 Å². The molecule has 2 aromatic carbocycles. The number of ether oxygens (including phenoxy) is 3. The number of benzene rings is 2. The molecule has 0 bridgehead atoms. The van der Waals surface area contributed by atoms with Gasteiger partial charge in [-0.2, -0.15) is 0 Å². The van der Waals surface area contributed by atoms with E-state index in [2.05, 4.69) is 60.7 Å². The largest absolute Gasteiger partial charge is 0.349 e. The first-order chi connectivity index (χ1) is 13.3. The fraction of sp³-hybridized carbons (Fsp3) is 0.500. The van der Waals surface area contributed by atoms with E-state index in [1.54, 1.807) is 0 Å². The van der Waals surface area contributed by atoms with Crippen molar-refractivity contribution >= 4 is 0 Å². The quantitative estimate of drug-likeness (QED) is 0.696. The fourth-order valence-electron chi connectivity index (χ4n) is 4.32. The topological polar surface area (TPSA) is 27.7 Å². The second-order valence-electron chi connectivity index (χ2n) is 7.86. The van der Waals surface area contributed by atoms with Gasteiger partial charge in [-0.3, -0.25) is 0 Å². The first-order valence-electron chi connectivity index (χ1n) is 10.3. The average molecular weight is 367 g/mol. The second-order valence-corrected chi connectivity index (χ2v) is 7.86. The molecule has 0 radical (unpaired) electrons. The standard InChI is InChI=1S/C24H30O3/c1-3-11-21(12-4-1)19-23(15-7-9-17-25-23)27-24(16-8-10-18-26-24)20-22-13-5-2-6-14-22/h1-6,11-14H,7-10,15-20H2. The van der Waals surface area contributed by atoms with Crippen LogP contribution in [-0.2, 0) is 27.1 Å². The van der Waals surface area contributed by atoms with Crippen molar-refractivity contribution in [2.24, 2.45) is 0 Å². The van der Waals surface area contributed by atoms with Crippen LogP contribution in [0.25, 0.3) is 0 Å². The lowest BCUT2D eigenvalue weighted by Crippen LogP contribution is -2.53. The number of hydrogen-bond acceptors (Lipinski definition) is 3. The highest BCUT2D eigenvalue weighted by atomic mass is 16.8. The number of hydrogen-bond donors (Lipinski definition) is 0. The van der Waals surface area contributed by atoms with Crippen LogP contribution >= 0.6 is 0 Å². The molecule has 0 saturated carbocycles. The van der Waals surface area contributed by atoms with Gasteiger partial charge in [-0.25, -0.2) is 0 Å². The van der Waals surface area contributed by atoms with Crippen molar-refractivity contribution in [1.82, 2.24) is 0 Å². The van der Waals surface area contributed by atoms with Gasteiger partial charge in [0.15, 0.2) is 11.6 Å². The molecule has 0 aliphatic carbocycles. The molecule has 3 nitrogen and oxygen atoms in total. The van der Waals surface area contributed by atoms with Gasteiger partial charge in [0, 0.05) is 25.7 Å². The summed E-state index contributed by atoms with van der Waals surface area (Å²) < 4.78 is 19.5. The van der Waals surface area contributed by atoms with Gasteiger partial charge in [0.05, 0.1) is 13.2 Å². The SMILES string of the molecule is c1ccc(CC2(OC3(Cc4ccccc4)CCCCO3)CCCCO2)cc1. The molecule has 0 spiro atoms. The zero-order valence-corrected chi connectivity index (χ0v) is 16.1. The molecular formula is C24H30O3. The summed E-state index contributed by atoms with van der Waals surface area (Å²) in [7, 11) is 0. The monoisotopic (exact) mass is 366 g/mol. The van der Waals surface area contributed by atoms with Crippen molar-refractivity contribution in [2.45, 2.75) is 62.9 Å². The molecule has 2 aromatic rings. The summed E-state index contributed by atoms with van der Waals surface area (Å²) in [5.41, 5.74) is 2.51. The molecular weight excluding hydrogens is 336 g/mol. The predicted molar refractivity (Wildman–Crippen MR) is 106 cm³/mol. The Morgan fingerprint density at radius 2 is 1.07 bits per heavy atom. The van der Waals surface area contributed by atoms with Crippen molar-refractivity contribution in [3.8, 4) is 0 Å². The van der Waals surface area contributed by atoms with Gasteiger partial charge in [-0.1, -0.05) is 60.7 Å². The lowest BCUT2D eigenvalue weighted by molar-refractivity contribution is -0.376. The third-order valence-electron chi connectivity index (χ3n) is 5.64. The van der Waals surface area contributed by atoms with Gasteiger partial charge < -0.3 is 14.2 Å². The summed E-state index contributed by atoms with van der Waals surface area (Å²) >= 11 is 0. The highest BCUT2D eigenvalue weighted by Gasteiger charge is 2.45. The fourth-order valence-corrected chi connectivity index (χ4v) is 4.32. The smallest absolute Gasteiger partial charge is 0.175 e. The maximum absolute atomic E-state index is 6.87. The van der Waals surface area contributed by atoms with Crippen LogP contribution in [0, 0.1) is 0 Å². The Kier molecular flexibility index (Phi) is 5.92. The lowest BCUT2D eigenvalue weighted by Gasteiger charge is -2.47. The van der Waals surface area contributed by atoms with Gasteiger partial charge in [0.2, 0.25) is 0 Å². The van der Waals surface area contributed by atoms with E-state index in [1.165, 1.54) is 11.1 Å². The molecule has 2 aliphatic heterocycles. The van der Waals surface area contributed by atoms with Gasteiger partial charge in [0.1, 0.15) is 0 Å². The molecule has 3 heteroatoms. The molecule has 0 N–H and O–H groups in total.